The van der Waals surface area contributed by atoms with E-state index in [0.717, 1.165) is 11.1 Å². The van der Waals surface area contributed by atoms with Crippen LogP contribution >= 0.6 is 35.3 Å². The van der Waals surface area contributed by atoms with Crippen LogP contribution in [-0.2, 0) is 13.1 Å². The number of rotatable bonds is 6. The van der Waals surface area contributed by atoms with Gasteiger partial charge in [0.05, 0.1) is 24.9 Å². The zero-order valence-electron chi connectivity index (χ0n) is 15.3. The first-order chi connectivity index (χ1) is 14.2. The summed E-state index contributed by atoms with van der Waals surface area (Å²) in [6.07, 6.45) is 0. The molecule has 29 heavy (non-hydrogen) atoms. The number of aromatic nitrogens is 3. The highest BCUT2D eigenvalue weighted by atomic mass is 32.2. The summed E-state index contributed by atoms with van der Waals surface area (Å²) < 4.78 is 4.69. The highest BCUT2D eigenvalue weighted by Gasteiger charge is 2.17. The minimum Gasteiger partial charge on any atom is -0.303 e. The summed E-state index contributed by atoms with van der Waals surface area (Å²) in [5.41, 5.74) is 2.55. The Kier molecular flexibility index (Phi) is 5.90. The lowest BCUT2D eigenvalue weighted by molar-refractivity contribution is 0.652. The molecule has 0 unspecified atom stereocenters. The van der Waals surface area contributed by atoms with Crippen molar-refractivity contribution in [2.45, 2.75) is 18.2 Å². The van der Waals surface area contributed by atoms with Gasteiger partial charge in [0.2, 0.25) is 0 Å². The van der Waals surface area contributed by atoms with Gasteiger partial charge in [0.15, 0.2) is 14.8 Å². The molecule has 2 aromatic carbocycles. The molecule has 0 N–H and O–H groups in total. The summed E-state index contributed by atoms with van der Waals surface area (Å²) in [5, 5.41) is 9.57. The molecule has 0 bridgehead atoms. The van der Waals surface area contributed by atoms with Crippen molar-refractivity contribution >= 4 is 45.7 Å². The van der Waals surface area contributed by atoms with Gasteiger partial charge in [-0.25, -0.2) is 4.98 Å². The lowest BCUT2D eigenvalue weighted by Crippen LogP contribution is -2.24. The SMILES string of the molecule is N#CCSc1nc2c(sc(=S)n2Cc2ccccc2)c(=O)n1Cc1ccccc1. The smallest absolute Gasteiger partial charge is 0.274 e. The Morgan fingerprint density at radius 3 is 2.17 bits per heavy atom. The van der Waals surface area contributed by atoms with Gasteiger partial charge >= 0.3 is 0 Å². The van der Waals surface area contributed by atoms with Gasteiger partial charge in [-0.05, 0) is 23.3 Å². The van der Waals surface area contributed by atoms with Crippen LogP contribution < -0.4 is 5.56 Å². The van der Waals surface area contributed by atoms with Gasteiger partial charge in [0.1, 0.15) is 4.70 Å². The fourth-order valence-electron chi connectivity index (χ4n) is 3.03. The summed E-state index contributed by atoms with van der Waals surface area (Å²) in [5.74, 6) is 0.219. The van der Waals surface area contributed by atoms with Crippen LogP contribution in [0.5, 0.6) is 0 Å². The van der Waals surface area contributed by atoms with E-state index in [2.05, 4.69) is 6.07 Å². The molecule has 0 atom stereocenters. The first-order valence-electron chi connectivity index (χ1n) is 8.89. The van der Waals surface area contributed by atoms with E-state index in [1.54, 1.807) is 4.57 Å². The second-order valence-corrected chi connectivity index (χ2v) is 8.90. The normalized spacial score (nSPS) is 10.9. The van der Waals surface area contributed by atoms with Crippen molar-refractivity contribution in [3.8, 4) is 6.07 Å². The molecule has 2 aromatic heterocycles. The predicted octanol–water partition coefficient (Wildman–Crippen LogP) is 4.70. The third-order valence-electron chi connectivity index (χ3n) is 4.37. The summed E-state index contributed by atoms with van der Waals surface area (Å²) in [7, 11) is 0. The summed E-state index contributed by atoms with van der Waals surface area (Å²) in [6.45, 7) is 0.955. The minimum atomic E-state index is -0.123. The van der Waals surface area contributed by atoms with Crippen LogP contribution in [0.25, 0.3) is 10.3 Å². The molecule has 0 fully saturated rings. The molecule has 0 saturated heterocycles. The second kappa shape index (κ2) is 8.74. The molecule has 4 rings (SSSR count). The van der Waals surface area contributed by atoms with Gasteiger partial charge in [-0.3, -0.25) is 9.36 Å². The molecule has 5 nitrogen and oxygen atoms in total. The molecule has 0 aliphatic rings. The molecular weight excluding hydrogens is 420 g/mol. The maximum atomic E-state index is 13.3. The zero-order valence-corrected chi connectivity index (χ0v) is 17.8. The van der Waals surface area contributed by atoms with E-state index in [1.165, 1.54) is 23.1 Å². The van der Waals surface area contributed by atoms with Crippen molar-refractivity contribution in [1.82, 2.24) is 14.1 Å². The molecule has 8 heteroatoms. The van der Waals surface area contributed by atoms with E-state index in [9.17, 15) is 4.79 Å². The van der Waals surface area contributed by atoms with Crippen LogP contribution in [0.1, 0.15) is 11.1 Å². The van der Waals surface area contributed by atoms with E-state index < -0.39 is 0 Å². The standard InChI is InChI=1S/C21H16N4OS3/c22-11-12-28-20-23-18-17(19(26)25(20)14-16-9-5-2-6-10-16)29-21(27)24(18)13-15-7-3-1-4-8-15/h1-10H,12-14H2. The quantitative estimate of drug-likeness (QED) is 0.249. The zero-order chi connectivity index (χ0) is 20.2. The lowest BCUT2D eigenvalue weighted by atomic mass is 10.2. The van der Waals surface area contributed by atoms with Crippen LogP contribution in [0.15, 0.2) is 70.6 Å². The van der Waals surface area contributed by atoms with Gasteiger partial charge in [-0.15, -0.1) is 0 Å². The van der Waals surface area contributed by atoms with Crippen molar-refractivity contribution in [3.63, 3.8) is 0 Å². The maximum absolute atomic E-state index is 13.3. The second-order valence-electron chi connectivity index (χ2n) is 6.31. The Bertz CT molecular complexity index is 1300. The minimum absolute atomic E-state index is 0.123. The van der Waals surface area contributed by atoms with Crippen molar-refractivity contribution < 1.29 is 0 Å². The van der Waals surface area contributed by atoms with E-state index in [4.69, 9.17) is 22.5 Å². The number of hydrogen-bond acceptors (Lipinski definition) is 6. The van der Waals surface area contributed by atoms with Crippen LogP contribution in [-0.4, -0.2) is 19.9 Å². The summed E-state index contributed by atoms with van der Waals surface area (Å²) >= 11 is 8.11. The average Bonchev–Trinajstić information content (AvgIpc) is 3.06. The van der Waals surface area contributed by atoms with Crippen molar-refractivity contribution in [2.75, 3.05) is 5.75 Å². The van der Waals surface area contributed by atoms with E-state index in [-0.39, 0.29) is 11.3 Å². The van der Waals surface area contributed by atoms with E-state index in [1.807, 2.05) is 65.2 Å². The monoisotopic (exact) mass is 436 g/mol. The number of fused-ring (bicyclic) bond motifs is 1. The molecular formula is C21H16N4OS3. The van der Waals surface area contributed by atoms with Crippen molar-refractivity contribution in [3.05, 3.63) is 86.1 Å². The maximum Gasteiger partial charge on any atom is 0.274 e. The van der Waals surface area contributed by atoms with Gasteiger partial charge in [-0.2, -0.15) is 5.26 Å². The van der Waals surface area contributed by atoms with Crippen LogP contribution in [0.4, 0.5) is 0 Å². The van der Waals surface area contributed by atoms with Crippen molar-refractivity contribution in [1.29, 1.82) is 5.26 Å². The van der Waals surface area contributed by atoms with Crippen LogP contribution in [0, 0.1) is 15.3 Å². The third kappa shape index (κ3) is 4.17. The number of hydrogen-bond donors (Lipinski definition) is 0. The highest BCUT2D eigenvalue weighted by molar-refractivity contribution is 7.99. The summed E-state index contributed by atoms with van der Waals surface area (Å²) in [6, 6.07) is 21.8. The number of nitrogens with zero attached hydrogens (tertiary/aromatic N) is 4. The molecule has 2 heterocycles. The third-order valence-corrected chi connectivity index (χ3v) is 6.64. The number of thioether (sulfide) groups is 1. The summed E-state index contributed by atoms with van der Waals surface area (Å²) in [4.78, 5) is 18.1. The van der Waals surface area contributed by atoms with Gasteiger partial charge < -0.3 is 4.57 Å². The fourth-order valence-corrected chi connectivity index (χ4v) is 4.96. The molecule has 0 spiro atoms. The molecule has 144 valence electrons. The largest absolute Gasteiger partial charge is 0.303 e. The molecule has 0 aliphatic heterocycles. The van der Waals surface area contributed by atoms with Gasteiger partial charge in [-0.1, -0.05) is 83.8 Å². The van der Waals surface area contributed by atoms with Crippen LogP contribution in [0.3, 0.4) is 0 Å². The molecule has 0 aliphatic carbocycles. The van der Waals surface area contributed by atoms with Gasteiger partial charge in [0.25, 0.3) is 5.56 Å². The lowest BCUT2D eigenvalue weighted by Gasteiger charge is -2.12. The Hall–Kier alpha value is -2.73. The fraction of sp³-hybridized carbons (Fsp3) is 0.143. The highest BCUT2D eigenvalue weighted by Crippen LogP contribution is 2.24. The first-order valence-corrected chi connectivity index (χ1v) is 11.1. The average molecular weight is 437 g/mol. The Morgan fingerprint density at radius 2 is 1.59 bits per heavy atom. The molecule has 0 amide bonds. The van der Waals surface area contributed by atoms with Crippen LogP contribution in [0.2, 0.25) is 0 Å². The van der Waals surface area contributed by atoms with Gasteiger partial charge in [0, 0.05) is 0 Å². The molecule has 0 radical (unpaired) electrons. The predicted molar refractivity (Wildman–Crippen MR) is 120 cm³/mol. The molecule has 0 saturated carbocycles. The Morgan fingerprint density at radius 1 is 1.00 bits per heavy atom. The first kappa shape index (κ1) is 19.6. The van der Waals surface area contributed by atoms with E-state index in [0.29, 0.717) is 32.5 Å². The number of benzene rings is 2. The van der Waals surface area contributed by atoms with Crippen molar-refractivity contribution in [2.24, 2.45) is 0 Å². The molecule has 4 aromatic rings. The topological polar surface area (TPSA) is 63.6 Å². The Balaban J connectivity index is 1.86. The number of thiazole rings is 1. The number of nitriles is 1. The Labute approximate surface area is 180 Å². The van der Waals surface area contributed by atoms with E-state index >= 15 is 0 Å².